The van der Waals surface area contributed by atoms with Crippen LogP contribution in [0.15, 0.2) is 227 Å². The molecule has 5 N–H and O–H groups in total. The van der Waals surface area contributed by atoms with Crippen LogP contribution in [0.2, 0.25) is 0 Å². The largest absolute Gasteiger partial charge is 0.351 e. The lowest BCUT2D eigenvalue weighted by Crippen LogP contribution is -2.39. The molecular formula is C76H70F3N32O4+. The maximum absolute atomic E-state index is 13.1. The Hall–Kier alpha value is -15.2. The van der Waals surface area contributed by atoms with Crippen LogP contribution < -0.4 is 45.5 Å². The number of carbonyl (C=O) groups excluding carboxylic acids is 4. The molecule has 0 saturated carbocycles. The summed E-state index contributed by atoms with van der Waals surface area (Å²) in [5.74, 6) is 1.47. The lowest BCUT2D eigenvalue weighted by Gasteiger charge is -2.18. The summed E-state index contributed by atoms with van der Waals surface area (Å²) in [6.45, 7) is 5.67. The molecule has 39 heteroatoms. The highest BCUT2D eigenvalue weighted by molar-refractivity contribution is 5.93. The number of carbonyl (C=O) groups is 4. The molecule has 4 aliphatic rings. The highest BCUT2D eigenvalue weighted by atomic mass is 19.1. The average Bonchev–Trinajstić information content (AvgIpc) is 1.67. The fraction of sp³-hybridized carbons (Fsp3) is 0.211. The molecule has 16 aromatic rings. The number of amides is 4. The summed E-state index contributed by atoms with van der Waals surface area (Å²) >= 11 is 0. The first-order valence-electron chi connectivity index (χ1n) is 36.7. The minimum Gasteiger partial charge on any atom is -0.351 e. The van der Waals surface area contributed by atoms with E-state index in [1.54, 1.807) is 125 Å². The van der Waals surface area contributed by atoms with Crippen molar-refractivity contribution < 1.29 is 37.0 Å². The molecule has 4 aromatic carbocycles. The molecule has 4 saturated heterocycles. The van der Waals surface area contributed by atoms with Gasteiger partial charge in [-0.05, 0) is 122 Å². The number of halogens is 3. The van der Waals surface area contributed by atoms with Gasteiger partial charge < -0.3 is 54.1 Å². The molecule has 36 nitrogen and oxygen atoms in total. The number of aromatic nitrogens is 24. The van der Waals surface area contributed by atoms with Crippen LogP contribution in [0.3, 0.4) is 0 Å². The number of imidazole rings is 3. The van der Waals surface area contributed by atoms with Crippen molar-refractivity contribution in [2.75, 3.05) is 72.0 Å². The highest BCUT2D eigenvalue weighted by Crippen LogP contribution is 2.27. The van der Waals surface area contributed by atoms with Gasteiger partial charge in [0.05, 0.1) is 17.1 Å². The van der Waals surface area contributed by atoms with Gasteiger partial charge in [-0.25, -0.2) is 72.1 Å². The van der Waals surface area contributed by atoms with Gasteiger partial charge in [0.15, 0.2) is 51.6 Å². The van der Waals surface area contributed by atoms with Gasteiger partial charge in [0.25, 0.3) is 17.7 Å². The van der Waals surface area contributed by atoms with Gasteiger partial charge >= 0.3 is 18.1 Å². The number of hydrogen-bond donors (Lipinski definition) is 5. The zero-order valence-electron chi connectivity index (χ0n) is 61.0. The second kappa shape index (κ2) is 32.4. The number of hydrogen-bond acceptors (Lipinski definition) is 23. The molecule has 578 valence electrons. The number of anilines is 4. The standard InChI is InChI=1S/C20H18FN7O.C19H17FN8O.C19H18N8O.C18H16FN9O/c21-14-1-3-16(4-2-14)28-10-6-17(25-28)20(29)24-15-5-9-27(13-15)19-18-22-7-11-26(18)12-8-23-19;20-13-1-3-15(4-2-13)28-12-23-16(25-28)19(29)24-14-5-8-27(11-14)18-17-21-6-9-26(17)10-7-22-18;28-19(16-22-13-27(24-16)15-4-2-1-3-5-15)23-14-6-9-26(12-14)18-17-20-7-10-25(17)11-8-21-18;19-12-1-3-14(4-2-12)28-10-21-15(25-28)18(29)23-13-5-7-26(9-13)16-17-24-22-11-27(17)8-6-20-16/h1-4,6-8,10-12,15H,5,9,13H2,(H,24,29);1-4,6-7,9-10,12,14H,5,8,11H2,(H,24,29);1-5,7-8,10-11,13-14H,6,9,12H2,(H,23,28);1-4,6,8,10-11,13H,5,7,9H2,(H,23,29)/p+1/t15-;2*14-;13-/m0000/s1. The van der Waals surface area contributed by atoms with Crippen LogP contribution >= 0.6 is 0 Å². The van der Waals surface area contributed by atoms with Gasteiger partial charge in [0, 0.05) is 169 Å². The van der Waals surface area contributed by atoms with Gasteiger partial charge in [-0.1, -0.05) is 18.2 Å². The summed E-state index contributed by atoms with van der Waals surface area (Å²) in [5, 5.41) is 35.8. The number of para-hydroxylation sites is 1. The Bertz CT molecular complexity index is 5660. The predicted molar refractivity (Wildman–Crippen MR) is 408 cm³/mol. The summed E-state index contributed by atoms with van der Waals surface area (Å²) in [4.78, 5) is 102. The van der Waals surface area contributed by atoms with Crippen LogP contribution in [0.1, 0.15) is 68.0 Å². The second-order valence-electron chi connectivity index (χ2n) is 27.2. The molecule has 20 rings (SSSR count). The smallest absolute Gasteiger partial charge is 0.340 e. The molecular weight excluding hydrogens is 1480 g/mol. The van der Waals surface area contributed by atoms with E-state index in [4.69, 9.17) is 0 Å². The summed E-state index contributed by atoms with van der Waals surface area (Å²) in [6.07, 6.45) is 36.2. The molecule has 115 heavy (non-hydrogen) atoms. The Balaban J connectivity index is 0.000000111. The molecule has 0 unspecified atom stereocenters. The molecule has 0 radical (unpaired) electrons. The Labute approximate surface area is 649 Å². The Morgan fingerprint density at radius 3 is 1.19 bits per heavy atom. The molecule has 4 atom stereocenters. The number of H-pyrrole nitrogens is 1. The first-order chi connectivity index (χ1) is 56.3. The zero-order valence-corrected chi connectivity index (χ0v) is 61.0. The van der Waals surface area contributed by atoms with Crippen LogP contribution in [-0.2, 0) is 0 Å². The van der Waals surface area contributed by atoms with Crippen molar-refractivity contribution in [3.63, 3.8) is 0 Å². The van der Waals surface area contributed by atoms with E-state index in [0.717, 1.165) is 97.8 Å². The van der Waals surface area contributed by atoms with Gasteiger partial charge in [0.1, 0.15) is 36.4 Å². The van der Waals surface area contributed by atoms with Crippen LogP contribution in [0.5, 0.6) is 0 Å². The molecule has 16 heterocycles. The fourth-order valence-corrected chi connectivity index (χ4v) is 13.9. The third-order valence-corrected chi connectivity index (χ3v) is 19.6. The summed E-state index contributed by atoms with van der Waals surface area (Å²) in [7, 11) is 0. The number of nitrogens with one attached hydrogen (secondary N) is 5. The highest BCUT2D eigenvalue weighted by Gasteiger charge is 2.33. The molecule has 4 amide bonds. The molecule has 0 bridgehead atoms. The number of benzene rings is 4. The van der Waals surface area contributed by atoms with Gasteiger partial charge in [-0.2, -0.15) is 10.2 Å². The Morgan fingerprint density at radius 1 is 0.374 bits per heavy atom. The fourth-order valence-electron chi connectivity index (χ4n) is 13.9. The van der Waals surface area contributed by atoms with E-state index in [9.17, 15) is 32.3 Å². The molecule has 12 aromatic heterocycles. The maximum Gasteiger partial charge on any atom is 0.340 e. The lowest BCUT2D eigenvalue weighted by atomic mass is 10.2. The first-order valence-corrected chi connectivity index (χ1v) is 36.7. The van der Waals surface area contributed by atoms with E-state index < -0.39 is 0 Å². The first kappa shape index (κ1) is 72.6. The van der Waals surface area contributed by atoms with Crippen LogP contribution in [0.25, 0.3) is 45.3 Å². The number of fused-ring (bicyclic) bond motifs is 4. The third kappa shape index (κ3) is 16.2. The lowest BCUT2D eigenvalue weighted by molar-refractivity contribution is -0.656. The second-order valence-corrected chi connectivity index (χ2v) is 27.2. The topological polar surface area (TPSA) is 375 Å². The molecule has 4 aliphatic heterocycles. The van der Waals surface area contributed by atoms with Crippen molar-refractivity contribution in [1.29, 1.82) is 0 Å². The predicted octanol–water partition coefficient (Wildman–Crippen LogP) is 5.11. The third-order valence-electron chi connectivity index (χ3n) is 19.6. The van der Waals surface area contributed by atoms with Crippen LogP contribution in [0.4, 0.5) is 36.4 Å². The normalized spacial score (nSPS) is 16.5. The monoisotopic (exact) mass is 1550 g/mol. The van der Waals surface area contributed by atoms with Crippen molar-refractivity contribution in [1.82, 2.24) is 133 Å². The van der Waals surface area contributed by atoms with Gasteiger partial charge in [0.2, 0.25) is 17.3 Å². The summed E-state index contributed by atoms with van der Waals surface area (Å²) in [6, 6.07) is 28.8. The van der Waals surface area contributed by atoms with Crippen molar-refractivity contribution in [2.24, 2.45) is 0 Å². The average molecular weight is 1550 g/mol. The minimum atomic E-state index is -0.355. The Kier molecular flexibility index (Phi) is 20.5. The maximum atomic E-state index is 13.1. The van der Waals surface area contributed by atoms with E-state index in [0.29, 0.717) is 54.6 Å². The van der Waals surface area contributed by atoms with Crippen LogP contribution in [0, 0.1) is 17.5 Å². The van der Waals surface area contributed by atoms with Crippen molar-refractivity contribution in [3.05, 3.63) is 268 Å². The van der Waals surface area contributed by atoms with Gasteiger partial charge in [-0.15, -0.1) is 25.1 Å². The van der Waals surface area contributed by atoms with E-state index in [2.05, 4.69) is 121 Å². The number of rotatable bonds is 16. The van der Waals surface area contributed by atoms with Crippen LogP contribution in [-0.4, -0.2) is 212 Å². The van der Waals surface area contributed by atoms with E-state index >= 15 is 0 Å². The van der Waals surface area contributed by atoms with Crippen molar-refractivity contribution in [3.8, 4) is 22.7 Å². The summed E-state index contributed by atoms with van der Waals surface area (Å²) < 4.78 is 52.9. The van der Waals surface area contributed by atoms with Crippen molar-refractivity contribution in [2.45, 2.75) is 49.9 Å². The quantitative estimate of drug-likeness (QED) is 0.0784. The molecule has 0 aliphatic carbocycles. The zero-order chi connectivity index (χ0) is 78.3. The number of nitrogens with zero attached hydrogens (tertiary/aromatic N) is 27. The minimum absolute atomic E-state index is 0.00418. The van der Waals surface area contributed by atoms with Gasteiger partial charge in [-0.3, -0.25) is 23.6 Å². The van der Waals surface area contributed by atoms with E-state index in [1.165, 1.54) is 58.4 Å². The molecule has 0 spiro atoms. The Morgan fingerprint density at radius 2 is 0.757 bits per heavy atom. The van der Waals surface area contributed by atoms with Crippen molar-refractivity contribution >= 4 is 69.5 Å². The van der Waals surface area contributed by atoms with E-state index in [-0.39, 0.29) is 82.7 Å². The van der Waals surface area contributed by atoms with E-state index in [1.807, 2.05) is 80.7 Å². The molecule has 4 fully saturated rings. The number of aromatic amines is 1. The summed E-state index contributed by atoms with van der Waals surface area (Å²) in [5.41, 5.74) is 6.28. The SMILES string of the molecule is O=C(N[C@H]1CCN(c2nccn3ccnc23)C1)c1ccn(-c2ccc(F)cc2)n1.O=C(N[C@H]1CCN(c2nccn3ccnc23)C1)c1nc[n+](-c2ccccc2)[nH]1.O=C(N[C@H]1CCN(c2nccn3ccnc23)C1)c1ncn(-c2ccc(F)cc2)n1.O=C(N[C@H]1CCN(c2nccn3cnnc23)C1)c1ncn(-c2ccc(F)cc2)n1.